The number of amides is 1. The Morgan fingerprint density at radius 1 is 1.15 bits per heavy atom. The van der Waals surface area contributed by atoms with Crippen LogP contribution in [0.1, 0.15) is 18.1 Å². The van der Waals surface area contributed by atoms with E-state index in [0.29, 0.717) is 25.7 Å². The van der Waals surface area contributed by atoms with Gasteiger partial charge in [-0.2, -0.15) is 0 Å². The molecule has 0 aromatic heterocycles. The van der Waals surface area contributed by atoms with Gasteiger partial charge >= 0.3 is 0 Å². The molecule has 148 valence electrons. The lowest BCUT2D eigenvalue weighted by atomic mass is 10.1. The summed E-state index contributed by atoms with van der Waals surface area (Å²) in [6.45, 7) is 6.52. The summed E-state index contributed by atoms with van der Waals surface area (Å²) in [5, 5.41) is 9.11. The smallest absolute Gasteiger partial charge is 0.241 e. The highest BCUT2D eigenvalue weighted by molar-refractivity contribution is 14.0. The van der Waals surface area contributed by atoms with E-state index in [-0.39, 0.29) is 36.4 Å². The molecule has 8 heteroatoms. The number of nitrogens with zero attached hydrogens (tertiary/aromatic N) is 1. The van der Waals surface area contributed by atoms with Crippen molar-refractivity contribution in [2.75, 3.05) is 47.0 Å². The van der Waals surface area contributed by atoms with Gasteiger partial charge in [-0.1, -0.05) is 12.1 Å². The first kappa shape index (κ1) is 24.5. The molecule has 0 atom stereocenters. The molecule has 0 aliphatic carbocycles. The van der Waals surface area contributed by atoms with Crippen molar-refractivity contribution in [3.05, 3.63) is 29.3 Å². The average molecular weight is 478 g/mol. The molecule has 0 fully saturated rings. The average Bonchev–Trinajstić information content (AvgIpc) is 2.61. The van der Waals surface area contributed by atoms with Crippen LogP contribution in [0.15, 0.2) is 23.2 Å². The number of ether oxygens (including phenoxy) is 2. The number of nitrogens with one attached hydrogen (secondary N) is 3. The van der Waals surface area contributed by atoms with E-state index < -0.39 is 0 Å². The lowest BCUT2D eigenvalue weighted by Crippen LogP contribution is -2.39. The first-order valence-corrected chi connectivity index (χ1v) is 8.52. The minimum atomic E-state index is -0.127. The number of benzene rings is 1. The van der Waals surface area contributed by atoms with Gasteiger partial charge < -0.3 is 25.4 Å². The highest BCUT2D eigenvalue weighted by atomic mass is 127. The Hall–Kier alpha value is -1.55. The van der Waals surface area contributed by atoms with Crippen LogP contribution in [-0.4, -0.2) is 58.9 Å². The molecular weight excluding hydrogens is 447 g/mol. The lowest BCUT2D eigenvalue weighted by Gasteiger charge is -2.12. The zero-order chi connectivity index (χ0) is 18.5. The molecule has 1 aromatic carbocycles. The van der Waals surface area contributed by atoms with E-state index in [2.05, 4.69) is 33.1 Å². The van der Waals surface area contributed by atoms with Gasteiger partial charge in [-0.05, 0) is 37.5 Å². The number of guanidine groups is 1. The number of halogens is 1. The molecule has 0 bridgehead atoms. The summed E-state index contributed by atoms with van der Waals surface area (Å²) < 4.78 is 10.2. The maximum Gasteiger partial charge on any atom is 0.241 e. The van der Waals surface area contributed by atoms with E-state index in [9.17, 15) is 4.79 Å². The van der Waals surface area contributed by atoms with Crippen molar-refractivity contribution in [2.45, 2.75) is 20.3 Å². The van der Waals surface area contributed by atoms with Gasteiger partial charge in [0.2, 0.25) is 5.91 Å². The van der Waals surface area contributed by atoms with Gasteiger partial charge in [-0.3, -0.25) is 4.79 Å². The van der Waals surface area contributed by atoms with Gasteiger partial charge in [0.1, 0.15) is 12.3 Å². The monoisotopic (exact) mass is 478 g/mol. The van der Waals surface area contributed by atoms with Crippen molar-refractivity contribution in [1.82, 2.24) is 16.0 Å². The topological polar surface area (TPSA) is 84.0 Å². The molecule has 0 radical (unpaired) electrons. The lowest BCUT2D eigenvalue weighted by molar-refractivity contribution is -0.119. The van der Waals surface area contributed by atoms with Crippen LogP contribution in [-0.2, 0) is 16.0 Å². The van der Waals surface area contributed by atoms with Crippen LogP contribution in [0.3, 0.4) is 0 Å². The first-order valence-electron chi connectivity index (χ1n) is 8.52. The molecule has 0 spiro atoms. The largest absolute Gasteiger partial charge is 0.496 e. The highest BCUT2D eigenvalue weighted by Gasteiger charge is 2.03. The highest BCUT2D eigenvalue weighted by Crippen LogP contribution is 2.18. The van der Waals surface area contributed by atoms with Crippen molar-refractivity contribution >= 4 is 35.8 Å². The minimum Gasteiger partial charge on any atom is -0.496 e. The number of methoxy groups -OCH3 is 2. The molecular formula is C18H31IN4O3. The van der Waals surface area contributed by atoms with Crippen LogP contribution in [0.4, 0.5) is 0 Å². The van der Waals surface area contributed by atoms with Crippen molar-refractivity contribution in [2.24, 2.45) is 4.99 Å². The van der Waals surface area contributed by atoms with Crippen molar-refractivity contribution in [1.29, 1.82) is 0 Å². The van der Waals surface area contributed by atoms with Crippen LogP contribution in [0.5, 0.6) is 5.75 Å². The van der Waals surface area contributed by atoms with Crippen LogP contribution in [0, 0.1) is 6.92 Å². The standard InChI is InChI=1S/C18H30N4O3.HI/c1-5-19-18(22-13-17(23)20-10-11-24-3)21-9-8-15-7-6-14(2)16(12-15)25-4;/h6-7,12H,5,8-11,13H2,1-4H3,(H,20,23)(H2,19,21,22);1H. The Morgan fingerprint density at radius 3 is 2.58 bits per heavy atom. The van der Waals surface area contributed by atoms with Crippen molar-refractivity contribution in [3.63, 3.8) is 0 Å². The summed E-state index contributed by atoms with van der Waals surface area (Å²) in [5.41, 5.74) is 2.30. The van der Waals surface area contributed by atoms with Crippen molar-refractivity contribution in [3.8, 4) is 5.75 Å². The molecule has 1 amide bonds. The maximum atomic E-state index is 11.7. The van der Waals surface area contributed by atoms with E-state index in [4.69, 9.17) is 9.47 Å². The van der Waals surface area contributed by atoms with Gasteiger partial charge in [-0.25, -0.2) is 4.99 Å². The Morgan fingerprint density at radius 2 is 1.92 bits per heavy atom. The second-order valence-corrected chi connectivity index (χ2v) is 5.52. The summed E-state index contributed by atoms with van der Waals surface area (Å²) >= 11 is 0. The molecule has 0 unspecified atom stereocenters. The molecule has 26 heavy (non-hydrogen) atoms. The van der Waals surface area contributed by atoms with Crippen LogP contribution in [0.2, 0.25) is 0 Å². The number of aryl methyl sites for hydroxylation is 1. The Kier molecular flexibility index (Phi) is 13.7. The van der Waals surface area contributed by atoms with Crippen LogP contribution < -0.4 is 20.7 Å². The molecule has 3 N–H and O–H groups in total. The quantitative estimate of drug-likeness (QED) is 0.206. The first-order chi connectivity index (χ1) is 12.1. The second-order valence-electron chi connectivity index (χ2n) is 5.52. The number of rotatable bonds is 10. The number of hydrogen-bond acceptors (Lipinski definition) is 4. The fourth-order valence-corrected chi connectivity index (χ4v) is 2.19. The summed E-state index contributed by atoms with van der Waals surface area (Å²) in [6, 6.07) is 6.19. The van der Waals surface area contributed by atoms with Crippen molar-refractivity contribution < 1.29 is 14.3 Å². The van der Waals surface area contributed by atoms with Gasteiger partial charge in [0.15, 0.2) is 5.96 Å². The Bertz CT molecular complexity index is 567. The summed E-state index contributed by atoms with van der Waals surface area (Å²) in [7, 11) is 3.28. The van der Waals surface area contributed by atoms with E-state index in [0.717, 1.165) is 24.3 Å². The predicted octanol–water partition coefficient (Wildman–Crippen LogP) is 1.48. The van der Waals surface area contributed by atoms with E-state index in [1.54, 1.807) is 14.2 Å². The van der Waals surface area contributed by atoms with E-state index in [1.807, 2.05) is 19.9 Å². The molecule has 0 saturated heterocycles. The fraction of sp³-hybridized carbons (Fsp3) is 0.556. The SMILES string of the molecule is CCNC(=NCC(=O)NCCOC)NCCc1ccc(C)c(OC)c1.I. The Labute approximate surface area is 173 Å². The number of hydrogen-bond donors (Lipinski definition) is 3. The third-order valence-corrected chi connectivity index (χ3v) is 3.53. The molecule has 1 aromatic rings. The number of carbonyl (C=O) groups is 1. The Balaban J connectivity index is 0.00000625. The van der Waals surface area contributed by atoms with Gasteiger partial charge in [0.25, 0.3) is 0 Å². The number of carbonyl (C=O) groups excluding carboxylic acids is 1. The fourth-order valence-electron chi connectivity index (χ4n) is 2.19. The molecule has 0 heterocycles. The molecule has 7 nitrogen and oxygen atoms in total. The summed E-state index contributed by atoms with van der Waals surface area (Å²) in [5.74, 6) is 1.40. The van der Waals surface area contributed by atoms with E-state index >= 15 is 0 Å². The van der Waals surface area contributed by atoms with E-state index in [1.165, 1.54) is 5.56 Å². The van der Waals surface area contributed by atoms with Gasteiger partial charge in [0, 0.05) is 26.7 Å². The minimum absolute atomic E-state index is 0. The summed E-state index contributed by atoms with van der Waals surface area (Å²) in [6.07, 6.45) is 0.834. The molecule has 0 saturated carbocycles. The second kappa shape index (κ2) is 14.6. The predicted molar refractivity (Wildman–Crippen MR) is 116 cm³/mol. The van der Waals surface area contributed by atoms with Gasteiger partial charge in [0.05, 0.1) is 13.7 Å². The third-order valence-electron chi connectivity index (χ3n) is 3.53. The van der Waals surface area contributed by atoms with Crippen LogP contribution in [0.25, 0.3) is 0 Å². The zero-order valence-electron chi connectivity index (χ0n) is 16.1. The molecule has 0 aliphatic rings. The zero-order valence-corrected chi connectivity index (χ0v) is 18.4. The maximum absolute atomic E-state index is 11.7. The molecule has 1 rings (SSSR count). The van der Waals surface area contributed by atoms with Gasteiger partial charge in [-0.15, -0.1) is 24.0 Å². The van der Waals surface area contributed by atoms with Crippen LogP contribution >= 0.6 is 24.0 Å². The third kappa shape index (κ3) is 9.81. The molecule has 0 aliphatic heterocycles. The number of aliphatic imine (C=N–C) groups is 1. The normalized spacial score (nSPS) is 10.7. The summed E-state index contributed by atoms with van der Waals surface area (Å²) in [4.78, 5) is 16.0.